The van der Waals surface area contributed by atoms with Crippen molar-refractivity contribution in [3.63, 3.8) is 0 Å². The number of hydrogen-bond donors (Lipinski definition) is 1. The lowest BCUT2D eigenvalue weighted by Gasteiger charge is -2.22. The summed E-state index contributed by atoms with van der Waals surface area (Å²) >= 11 is 1.49. The van der Waals surface area contributed by atoms with Crippen molar-refractivity contribution in [3.8, 4) is 0 Å². The summed E-state index contributed by atoms with van der Waals surface area (Å²) in [5, 5.41) is 3.47. The second-order valence-corrected chi connectivity index (χ2v) is 10.4. The van der Waals surface area contributed by atoms with E-state index in [9.17, 15) is 9.59 Å². The molecule has 1 atom stereocenters. The van der Waals surface area contributed by atoms with E-state index in [0.29, 0.717) is 17.2 Å². The molecule has 0 aliphatic rings. The third kappa shape index (κ3) is 17.1. The van der Waals surface area contributed by atoms with Crippen LogP contribution in [0.25, 0.3) is 0 Å². The third-order valence-electron chi connectivity index (χ3n) is 4.57. The van der Waals surface area contributed by atoms with Gasteiger partial charge in [-0.25, -0.2) is 9.59 Å². The quantitative estimate of drug-likeness (QED) is 0.159. The number of thioether (sulfide) groups is 1. The molecule has 6 nitrogen and oxygen atoms in total. The molecule has 0 saturated carbocycles. The molecule has 0 aliphatic carbocycles. The molecule has 0 aromatic rings. The molecule has 0 aliphatic heterocycles. The number of nitrogens with one attached hydrogen (secondary N) is 1. The maximum Gasteiger partial charge on any atom is 0.412 e. The van der Waals surface area contributed by atoms with Gasteiger partial charge in [-0.3, -0.25) is 5.32 Å². The summed E-state index contributed by atoms with van der Waals surface area (Å²) in [5.41, 5.74) is -0.220. The first kappa shape index (κ1) is 29.8. The van der Waals surface area contributed by atoms with Gasteiger partial charge in [0.15, 0.2) is 0 Å². The van der Waals surface area contributed by atoms with Crippen molar-refractivity contribution < 1.29 is 23.8 Å². The Bertz CT molecular complexity index is 543. The summed E-state index contributed by atoms with van der Waals surface area (Å²) in [7, 11) is 1.54. The van der Waals surface area contributed by atoms with E-state index in [1.165, 1.54) is 56.7 Å². The Balaban J connectivity index is 4.76. The van der Waals surface area contributed by atoms with Gasteiger partial charge in [-0.15, -0.1) is 11.8 Å². The molecule has 0 saturated heterocycles. The van der Waals surface area contributed by atoms with Gasteiger partial charge in [0.2, 0.25) is 0 Å². The molecule has 1 unspecified atom stereocenters. The first-order valence-electron chi connectivity index (χ1n) is 11.6. The van der Waals surface area contributed by atoms with E-state index in [1.807, 2.05) is 20.8 Å². The SMILES string of the molecule is CCCCCCCCCCC(C)S/C(NC(=O)OCCOC)=C(\C)C(=O)OC(C)(C)C. The highest BCUT2D eigenvalue weighted by Crippen LogP contribution is 2.28. The van der Waals surface area contributed by atoms with Crippen LogP contribution in [0.3, 0.4) is 0 Å². The van der Waals surface area contributed by atoms with E-state index in [2.05, 4.69) is 19.2 Å². The Morgan fingerprint density at radius 1 is 0.968 bits per heavy atom. The molecule has 0 bridgehead atoms. The number of rotatable bonds is 16. The molecule has 0 aromatic heterocycles. The lowest BCUT2D eigenvalue weighted by atomic mass is 10.1. The Morgan fingerprint density at radius 3 is 2.10 bits per heavy atom. The molecule has 0 aromatic carbocycles. The number of ether oxygens (including phenoxy) is 3. The predicted molar refractivity (Wildman–Crippen MR) is 129 cm³/mol. The fourth-order valence-corrected chi connectivity index (χ4v) is 3.92. The summed E-state index contributed by atoms with van der Waals surface area (Å²) in [5.74, 6) is -0.438. The van der Waals surface area contributed by atoms with E-state index in [1.54, 1.807) is 14.0 Å². The second kappa shape index (κ2) is 17.4. The zero-order valence-corrected chi connectivity index (χ0v) is 21.6. The fourth-order valence-electron chi connectivity index (χ4n) is 2.83. The highest BCUT2D eigenvalue weighted by atomic mass is 32.2. The molecule has 1 amide bonds. The molecule has 31 heavy (non-hydrogen) atoms. The number of unbranched alkanes of at least 4 members (excludes halogenated alkanes) is 7. The Kier molecular flexibility index (Phi) is 16.7. The van der Waals surface area contributed by atoms with Gasteiger partial charge < -0.3 is 14.2 Å². The number of amides is 1. The van der Waals surface area contributed by atoms with Crippen LogP contribution in [0, 0.1) is 0 Å². The minimum Gasteiger partial charge on any atom is -0.457 e. The first-order chi connectivity index (χ1) is 14.6. The van der Waals surface area contributed by atoms with E-state index < -0.39 is 17.7 Å². The van der Waals surface area contributed by atoms with Crippen LogP contribution in [-0.2, 0) is 19.0 Å². The number of alkyl carbamates (subject to hydrolysis) is 1. The molecule has 0 radical (unpaired) electrons. The molecule has 7 heteroatoms. The summed E-state index contributed by atoms with van der Waals surface area (Å²) < 4.78 is 15.5. The molecule has 182 valence electrons. The Hall–Kier alpha value is -1.21. The van der Waals surface area contributed by atoms with Crippen LogP contribution in [0.4, 0.5) is 4.79 Å². The average molecular weight is 460 g/mol. The van der Waals surface area contributed by atoms with Crippen LogP contribution in [0.2, 0.25) is 0 Å². The lowest BCUT2D eigenvalue weighted by molar-refractivity contribution is -0.149. The van der Waals surface area contributed by atoms with E-state index in [0.717, 1.165) is 12.8 Å². The second-order valence-electron chi connectivity index (χ2n) is 8.90. The molecule has 0 spiro atoms. The number of carbonyl (C=O) groups is 2. The maximum atomic E-state index is 12.5. The highest BCUT2D eigenvalue weighted by molar-refractivity contribution is 8.03. The van der Waals surface area contributed by atoms with Gasteiger partial charge in [0.05, 0.1) is 17.2 Å². The minimum atomic E-state index is -0.601. The largest absolute Gasteiger partial charge is 0.457 e. The number of methoxy groups -OCH3 is 1. The standard InChI is InChI=1S/C24H45NO5S/c1-8-9-10-11-12-13-14-15-16-19(2)31-21(25-23(27)29-18-17-28-7)20(3)22(26)30-24(4,5)6/h19H,8-18H2,1-7H3,(H,25,27)/b21-20+. The number of esters is 1. The summed E-state index contributed by atoms with van der Waals surface area (Å²) in [4.78, 5) is 24.7. The van der Waals surface area contributed by atoms with Crippen LogP contribution in [0.5, 0.6) is 0 Å². The van der Waals surface area contributed by atoms with Crippen LogP contribution in [0.15, 0.2) is 10.6 Å². The Labute approximate surface area is 194 Å². The van der Waals surface area contributed by atoms with Gasteiger partial charge in [-0.2, -0.15) is 0 Å². The smallest absolute Gasteiger partial charge is 0.412 e. The molecule has 0 heterocycles. The van der Waals surface area contributed by atoms with Gasteiger partial charge in [0.25, 0.3) is 0 Å². The van der Waals surface area contributed by atoms with Crippen molar-refractivity contribution in [1.82, 2.24) is 5.32 Å². The van der Waals surface area contributed by atoms with Gasteiger partial charge in [0.1, 0.15) is 12.2 Å². The predicted octanol–water partition coefficient (Wildman–Crippen LogP) is 6.58. The van der Waals surface area contributed by atoms with E-state index in [4.69, 9.17) is 14.2 Å². The number of carbonyl (C=O) groups excluding carboxylic acids is 2. The minimum absolute atomic E-state index is 0.152. The zero-order chi connectivity index (χ0) is 23.7. The van der Waals surface area contributed by atoms with Crippen molar-refractivity contribution in [2.75, 3.05) is 20.3 Å². The average Bonchev–Trinajstić information content (AvgIpc) is 2.67. The molecule has 1 N–H and O–H groups in total. The van der Waals surface area contributed by atoms with Crippen LogP contribution < -0.4 is 5.32 Å². The maximum absolute atomic E-state index is 12.5. The van der Waals surface area contributed by atoms with E-state index in [-0.39, 0.29) is 11.9 Å². The van der Waals surface area contributed by atoms with Gasteiger partial charge >= 0.3 is 12.1 Å². The van der Waals surface area contributed by atoms with Gasteiger partial charge in [0, 0.05) is 12.4 Å². The zero-order valence-electron chi connectivity index (χ0n) is 20.8. The van der Waals surface area contributed by atoms with Crippen molar-refractivity contribution in [2.24, 2.45) is 0 Å². The highest BCUT2D eigenvalue weighted by Gasteiger charge is 2.22. The van der Waals surface area contributed by atoms with Crippen LogP contribution >= 0.6 is 11.8 Å². The monoisotopic (exact) mass is 459 g/mol. The van der Waals surface area contributed by atoms with Crippen LogP contribution in [0.1, 0.15) is 99.3 Å². The lowest BCUT2D eigenvalue weighted by Crippen LogP contribution is -2.29. The summed E-state index contributed by atoms with van der Waals surface area (Å²) in [6.45, 7) is 12.0. The van der Waals surface area contributed by atoms with Gasteiger partial charge in [-0.1, -0.05) is 65.2 Å². The summed E-state index contributed by atoms with van der Waals surface area (Å²) in [6.07, 6.45) is 10.6. The number of hydrogen-bond acceptors (Lipinski definition) is 6. The molecule has 0 fully saturated rings. The topological polar surface area (TPSA) is 73.9 Å². The molecular weight excluding hydrogens is 414 g/mol. The molecule has 0 rings (SSSR count). The van der Waals surface area contributed by atoms with Crippen LogP contribution in [-0.4, -0.2) is 43.2 Å². The first-order valence-corrected chi connectivity index (χ1v) is 12.5. The third-order valence-corrected chi connectivity index (χ3v) is 5.85. The Morgan fingerprint density at radius 2 is 1.55 bits per heavy atom. The van der Waals surface area contributed by atoms with Crippen molar-refractivity contribution >= 4 is 23.8 Å². The molecular formula is C24H45NO5S. The van der Waals surface area contributed by atoms with Gasteiger partial charge in [-0.05, 0) is 34.1 Å². The van der Waals surface area contributed by atoms with Crippen molar-refractivity contribution in [1.29, 1.82) is 0 Å². The normalized spacial score (nSPS) is 13.4. The van der Waals surface area contributed by atoms with E-state index >= 15 is 0 Å². The van der Waals surface area contributed by atoms with Crippen molar-refractivity contribution in [3.05, 3.63) is 10.6 Å². The van der Waals surface area contributed by atoms with Crippen molar-refractivity contribution in [2.45, 2.75) is 110 Å². The summed E-state index contributed by atoms with van der Waals surface area (Å²) in [6, 6.07) is 0. The fraction of sp³-hybridized carbons (Fsp3) is 0.833.